The standard InChI is InChI=1S/C16H23N3O3/c1-18-13(3-8-17-18)12-4-9-19(10-5-12)14(20)11-16(15(21)22)6-2-7-16/h3,8,12H,2,4-7,9-11H2,1H3,(H,21,22). The zero-order chi connectivity index (χ0) is 15.7. The highest BCUT2D eigenvalue weighted by molar-refractivity contribution is 5.85. The molecule has 1 aliphatic carbocycles. The number of amides is 1. The zero-order valence-corrected chi connectivity index (χ0v) is 13.0. The van der Waals surface area contributed by atoms with Crippen LogP contribution in [-0.2, 0) is 16.6 Å². The molecule has 6 heteroatoms. The van der Waals surface area contributed by atoms with Crippen LogP contribution in [0.5, 0.6) is 0 Å². The lowest BCUT2D eigenvalue weighted by Crippen LogP contribution is -2.45. The van der Waals surface area contributed by atoms with Crippen LogP contribution in [0.3, 0.4) is 0 Å². The van der Waals surface area contributed by atoms with Crippen LogP contribution < -0.4 is 0 Å². The van der Waals surface area contributed by atoms with E-state index >= 15 is 0 Å². The molecule has 0 aromatic carbocycles. The Morgan fingerprint density at radius 3 is 2.50 bits per heavy atom. The van der Waals surface area contributed by atoms with Crippen molar-refractivity contribution < 1.29 is 14.7 Å². The van der Waals surface area contributed by atoms with Crippen molar-refractivity contribution in [2.24, 2.45) is 12.5 Å². The molecule has 1 aliphatic heterocycles. The molecule has 1 aromatic rings. The summed E-state index contributed by atoms with van der Waals surface area (Å²) < 4.78 is 1.90. The fourth-order valence-corrected chi connectivity index (χ4v) is 3.68. The fourth-order valence-electron chi connectivity index (χ4n) is 3.68. The number of likely N-dealkylation sites (tertiary alicyclic amines) is 1. The van der Waals surface area contributed by atoms with Crippen molar-refractivity contribution in [3.8, 4) is 0 Å². The third-order valence-electron chi connectivity index (χ3n) is 5.38. The van der Waals surface area contributed by atoms with Gasteiger partial charge in [0.05, 0.1) is 5.41 Å². The Hall–Kier alpha value is -1.85. The van der Waals surface area contributed by atoms with Gasteiger partial charge in [0.15, 0.2) is 0 Å². The molecular formula is C16H23N3O3. The van der Waals surface area contributed by atoms with Gasteiger partial charge in [-0.3, -0.25) is 14.3 Å². The lowest BCUT2D eigenvalue weighted by atomic mass is 9.66. The van der Waals surface area contributed by atoms with Gasteiger partial charge in [-0.2, -0.15) is 5.10 Å². The van der Waals surface area contributed by atoms with Crippen molar-refractivity contribution in [3.05, 3.63) is 18.0 Å². The first kappa shape index (κ1) is 15.1. The predicted molar refractivity (Wildman–Crippen MR) is 80.3 cm³/mol. The molecule has 2 aliphatic rings. The number of carboxylic acid groups (broad SMARTS) is 1. The van der Waals surface area contributed by atoms with Crippen LogP contribution >= 0.6 is 0 Å². The van der Waals surface area contributed by atoms with Gasteiger partial charge in [-0.15, -0.1) is 0 Å². The van der Waals surface area contributed by atoms with Crippen LogP contribution in [0.1, 0.15) is 50.1 Å². The largest absolute Gasteiger partial charge is 0.481 e. The van der Waals surface area contributed by atoms with Crippen LogP contribution in [0, 0.1) is 5.41 Å². The van der Waals surface area contributed by atoms with E-state index in [1.165, 1.54) is 5.69 Å². The number of aryl methyl sites for hydroxylation is 1. The zero-order valence-electron chi connectivity index (χ0n) is 13.0. The highest BCUT2D eigenvalue weighted by atomic mass is 16.4. The lowest BCUT2D eigenvalue weighted by Gasteiger charge is -2.39. The van der Waals surface area contributed by atoms with E-state index in [0.717, 1.165) is 19.3 Å². The van der Waals surface area contributed by atoms with Gasteiger partial charge >= 0.3 is 5.97 Å². The van der Waals surface area contributed by atoms with E-state index in [0.29, 0.717) is 31.8 Å². The normalized spacial score (nSPS) is 21.4. The minimum absolute atomic E-state index is 0.00514. The van der Waals surface area contributed by atoms with Gasteiger partial charge in [0.1, 0.15) is 0 Å². The smallest absolute Gasteiger partial charge is 0.310 e. The van der Waals surface area contributed by atoms with Gasteiger partial charge in [0.2, 0.25) is 5.91 Å². The van der Waals surface area contributed by atoms with Crippen molar-refractivity contribution in [1.29, 1.82) is 0 Å². The van der Waals surface area contributed by atoms with E-state index in [1.807, 2.05) is 22.7 Å². The molecule has 1 saturated heterocycles. The van der Waals surface area contributed by atoms with E-state index in [9.17, 15) is 14.7 Å². The van der Waals surface area contributed by atoms with Gasteiger partial charge in [0, 0.05) is 44.4 Å². The predicted octanol–water partition coefficient (Wildman–Crippen LogP) is 1.77. The van der Waals surface area contributed by atoms with Crippen LogP contribution in [0.25, 0.3) is 0 Å². The molecule has 0 spiro atoms. The van der Waals surface area contributed by atoms with Crippen molar-refractivity contribution in [3.63, 3.8) is 0 Å². The van der Waals surface area contributed by atoms with E-state index in [-0.39, 0.29) is 12.3 Å². The first-order valence-electron chi connectivity index (χ1n) is 8.01. The maximum Gasteiger partial charge on any atom is 0.310 e. The molecule has 120 valence electrons. The maximum absolute atomic E-state index is 12.4. The van der Waals surface area contributed by atoms with Crippen LogP contribution in [-0.4, -0.2) is 44.8 Å². The molecule has 1 saturated carbocycles. The maximum atomic E-state index is 12.4. The summed E-state index contributed by atoms with van der Waals surface area (Å²) in [5.74, 6) is -0.365. The summed E-state index contributed by atoms with van der Waals surface area (Å²) in [4.78, 5) is 25.6. The molecule has 22 heavy (non-hydrogen) atoms. The molecule has 1 N–H and O–H groups in total. The van der Waals surface area contributed by atoms with E-state index in [1.54, 1.807) is 6.20 Å². The molecule has 0 unspecified atom stereocenters. The van der Waals surface area contributed by atoms with Crippen molar-refractivity contribution >= 4 is 11.9 Å². The molecule has 1 aromatic heterocycles. The molecule has 1 amide bonds. The monoisotopic (exact) mass is 305 g/mol. The summed E-state index contributed by atoms with van der Waals surface area (Å²) in [6.07, 6.45) is 6.01. The average molecular weight is 305 g/mol. The number of hydrogen-bond acceptors (Lipinski definition) is 3. The number of carbonyl (C=O) groups excluding carboxylic acids is 1. The molecule has 6 nitrogen and oxygen atoms in total. The van der Waals surface area contributed by atoms with Crippen molar-refractivity contribution in [1.82, 2.24) is 14.7 Å². The first-order valence-corrected chi connectivity index (χ1v) is 8.01. The number of aliphatic carboxylic acids is 1. The summed E-state index contributed by atoms with van der Waals surface area (Å²) in [6, 6.07) is 2.04. The summed E-state index contributed by atoms with van der Waals surface area (Å²) in [5, 5.41) is 13.6. The van der Waals surface area contributed by atoms with Crippen LogP contribution in [0.15, 0.2) is 12.3 Å². The van der Waals surface area contributed by atoms with Gasteiger partial charge < -0.3 is 10.0 Å². The number of hydrogen-bond donors (Lipinski definition) is 1. The molecule has 0 atom stereocenters. The number of carbonyl (C=O) groups is 2. The first-order chi connectivity index (χ1) is 10.5. The molecule has 2 fully saturated rings. The second-order valence-electron chi connectivity index (χ2n) is 6.65. The Kier molecular flexibility index (Phi) is 3.93. The summed E-state index contributed by atoms with van der Waals surface area (Å²) >= 11 is 0. The Labute approximate surface area is 130 Å². The van der Waals surface area contributed by atoms with Gasteiger partial charge in [-0.05, 0) is 31.7 Å². The van der Waals surface area contributed by atoms with Crippen molar-refractivity contribution in [2.75, 3.05) is 13.1 Å². The van der Waals surface area contributed by atoms with Gasteiger partial charge in [0.25, 0.3) is 0 Å². The molecule has 3 rings (SSSR count). The SMILES string of the molecule is Cn1nccc1C1CCN(C(=O)CC2(C(=O)O)CCC2)CC1. The second kappa shape index (κ2) is 5.74. The third kappa shape index (κ3) is 2.62. The number of carboxylic acids is 1. The summed E-state index contributed by atoms with van der Waals surface area (Å²) in [5.41, 5.74) is 0.434. The number of piperidine rings is 1. The minimum atomic E-state index is -0.808. The Morgan fingerprint density at radius 2 is 2.05 bits per heavy atom. The highest BCUT2D eigenvalue weighted by Crippen LogP contribution is 2.44. The highest BCUT2D eigenvalue weighted by Gasteiger charge is 2.46. The molecule has 0 bridgehead atoms. The summed E-state index contributed by atoms with van der Waals surface area (Å²) in [7, 11) is 1.94. The number of rotatable bonds is 4. The topological polar surface area (TPSA) is 75.4 Å². The average Bonchev–Trinajstić information content (AvgIpc) is 2.88. The molecule has 0 radical (unpaired) electrons. The number of aromatic nitrogens is 2. The van der Waals surface area contributed by atoms with E-state index in [2.05, 4.69) is 5.10 Å². The Balaban J connectivity index is 1.56. The van der Waals surface area contributed by atoms with Crippen LogP contribution in [0.2, 0.25) is 0 Å². The quantitative estimate of drug-likeness (QED) is 0.920. The van der Waals surface area contributed by atoms with Gasteiger partial charge in [-0.1, -0.05) is 6.42 Å². The Morgan fingerprint density at radius 1 is 1.36 bits per heavy atom. The molecular weight excluding hydrogens is 282 g/mol. The minimum Gasteiger partial charge on any atom is -0.481 e. The van der Waals surface area contributed by atoms with Gasteiger partial charge in [-0.25, -0.2) is 0 Å². The third-order valence-corrected chi connectivity index (χ3v) is 5.38. The van der Waals surface area contributed by atoms with E-state index in [4.69, 9.17) is 0 Å². The van der Waals surface area contributed by atoms with Crippen molar-refractivity contribution in [2.45, 2.75) is 44.4 Å². The Bertz CT molecular complexity index is 569. The summed E-state index contributed by atoms with van der Waals surface area (Å²) in [6.45, 7) is 1.43. The number of nitrogens with zero attached hydrogens (tertiary/aromatic N) is 3. The van der Waals surface area contributed by atoms with Crippen LogP contribution in [0.4, 0.5) is 0 Å². The second-order valence-corrected chi connectivity index (χ2v) is 6.65. The lowest BCUT2D eigenvalue weighted by molar-refractivity contribution is -0.159. The fraction of sp³-hybridized carbons (Fsp3) is 0.688. The molecule has 2 heterocycles. The van der Waals surface area contributed by atoms with E-state index < -0.39 is 11.4 Å².